The number of amides is 1. The first-order valence-electron chi connectivity index (χ1n) is 6.76. The molecule has 0 bridgehead atoms. The fourth-order valence-corrected chi connectivity index (χ4v) is 2.39. The maximum absolute atomic E-state index is 12.2. The molecule has 1 N–H and O–H groups in total. The van der Waals surface area contributed by atoms with Crippen LogP contribution in [0.1, 0.15) is 24.5 Å². The summed E-state index contributed by atoms with van der Waals surface area (Å²) in [6, 6.07) is 8.82. The second-order valence-electron chi connectivity index (χ2n) is 4.98. The third kappa shape index (κ3) is 3.10. The van der Waals surface area contributed by atoms with Crippen molar-refractivity contribution in [2.24, 2.45) is 0 Å². The van der Waals surface area contributed by atoms with E-state index in [-0.39, 0.29) is 5.91 Å². The van der Waals surface area contributed by atoms with Gasteiger partial charge in [0.1, 0.15) is 0 Å². The molecule has 0 aliphatic carbocycles. The van der Waals surface area contributed by atoms with Crippen LogP contribution in [-0.2, 0) is 11.2 Å². The predicted molar refractivity (Wildman–Crippen MR) is 73.5 cm³/mol. The van der Waals surface area contributed by atoms with Crippen LogP contribution in [0.3, 0.4) is 0 Å². The largest absolute Gasteiger partial charge is 0.337 e. The van der Waals surface area contributed by atoms with Crippen LogP contribution < -0.4 is 5.32 Å². The summed E-state index contributed by atoms with van der Waals surface area (Å²) in [5.41, 5.74) is 2.52. The van der Waals surface area contributed by atoms with Gasteiger partial charge in [0.15, 0.2) is 0 Å². The Morgan fingerprint density at radius 2 is 2.22 bits per heavy atom. The van der Waals surface area contributed by atoms with Crippen LogP contribution in [0.15, 0.2) is 24.3 Å². The summed E-state index contributed by atoms with van der Waals surface area (Å²) in [5, 5.41) is 3.22. The van der Waals surface area contributed by atoms with Gasteiger partial charge in [-0.05, 0) is 25.8 Å². The molecule has 1 heterocycles. The van der Waals surface area contributed by atoms with Crippen molar-refractivity contribution in [3.8, 4) is 0 Å². The van der Waals surface area contributed by atoms with Gasteiger partial charge in [0, 0.05) is 26.1 Å². The molecule has 1 aromatic carbocycles. The molecule has 0 aromatic heterocycles. The summed E-state index contributed by atoms with van der Waals surface area (Å²) in [5.74, 6) is 0.283. The molecule has 0 radical (unpaired) electrons. The Hall–Kier alpha value is -1.35. The summed E-state index contributed by atoms with van der Waals surface area (Å²) in [6.07, 6.45) is 1.46. The van der Waals surface area contributed by atoms with Gasteiger partial charge in [-0.25, -0.2) is 0 Å². The highest BCUT2D eigenvalue weighted by atomic mass is 16.2. The summed E-state index contributed by atoms with van der Waals surface area (Å²) in [4.78, 5) is 14.2. The van der Waals surface area contributed by atoms with Crippen LogP contribution in [0.25, 0.3) is 0 Å². The first-order chi connectivity index (χ1) is 8.70. The lowest BCUT2D eigenvalue weighted by molar-refractivity contribution is -0.134. The molecule has 3 heteroatoms. The number of carbonyl (C=O) groups is 1. The molecule has 0 saturated carbocycles. The summed E-state index contributed by atoms with van der Waals surface area (Å²) < 4.78 is 0. The minimum absolute atomic E-state index is 0.283. The van der Waals surface area contributed by atoms with E-state index in [0.29, 0.717) is 12.5 Å². The van der Waals surface area contributed by atoms with Gasteiger partial charge >= 0.3 is 0 Å². The molecule has 18 heavy (non-hydrogen) atoms. The van der Waals surface area contributed by atoms with Gasteiger partial charge in [0.05, 0.1) is 6.04 Å². The second-order valence-corrected chi connectivity index (χ2v) is 4.98. The molecule has 1 saturated heterocycles. The van der Waals surface area contributed by atoms with E-state index in [0.717, 1.165) is 26.1 Å². The van der Waals surface area contributed by atoms with Crippen LogP contribution in [0.4, 0.5) is 0 Å². The van der Waals surface area contributed by atoms with E-state index in [2.05, 4.69) is 43.4 Å². The van der Waals surface area contributed by atoms with E-state index in [4.69, 9.17) is 0 Å². The van der Waals surface area contributed by atoms with E-state index in [1.165, 1.54) is 11.1 Å². The second kappa shape index (κ2) is 6.01. The highest BCUT2D eigenvalue weighted by Crippen LogP contribution is 2.11. The number of hydrogen-bond acceptors (Lipinski definition) is 2. The molecule has 0 spiro atoms. The summed E-state index contributed by atoms with van der Waals surface area (Å²) in [7, 11) is 0. The highest BCUT2D eigenvalue weighted by Gasteiger charge is 2.26. The predicted octanol–water partition coefficient (Wildman–Crippen LogP) is 1.75. The lowest BCUT2D eigenvalue weighted by atomic mass is 10.1. The van der Waals surface area contributed by atoms with Gasteiger partial charge in [0.2, 0.25) is 5.91 Å². The standard InChI is InChI=1S/C15H22N2O/c1-3-17(14-10-16-11-14)15(18)8-7-13-6-4-5-12(2)9-13/h4-6,9,14,16H,3,7-8,10-11H2,1-2H3. The number of likely N-dealkylation sites (N-methyl/N-ethyl adjacent to an activating group) is 1. The zero-order valence-corrected chi connectivity index (χ0v) is 11.3. The molecular weight excluding hydrogens is 224 g/mol. The van der Waals surface area contributed by atoms with Crippen LogP contribution in [-0.4, -0.2) is 36.5 Å². The number of benzene rings is 1. The van der Waals surface area contributed by atoms with E-state index < -0.39 is 0 Å². The van der Waals surface area contributed by atoms with E-state index in [9.17, 15) is 4.79 Å². The molecule has 1 aliphatic rings. The van der Waals surface area contributed by atoms with E-state index >= 15 is 0 Å². The smallest absolute Gasteiger partial charge is 0.223 e. The van der Waals surface area contributed by atoms with Gasteiger partial charge in [0.25, 0.3) is 0 Å². The molecular formula is C15H22N2O. The zero-order valence-electron chi connectivity index (χ0n) is 11.3. The monoisotopic (exact) mass is 246 g/mol. The molecule has 1 aromatic rings. The number of aryl methyl sites for hydroxylation is 2. The van der Waals surface area contributed by atoms with Gasteiger partial charge in [-0.1, -0.05) is 29.8 Å². The lowest BCUT2D eigenvalue weighted by Crippen LogP contribution is -2.58. The topological polar surface area (TPSA) is 32.3 Å². The average Bonchev–Trinajstić information content (AvgIpc) is 2.30. The van der Waals surface area contributed by atoms with Crippen molar-refractivity contribution in [2.45, 2.75) is 32.7 Å². The third-order valence-corrected chi connectivity index (χ3v) is 3.57. The Kier molecular flexibility index (Phi) is 4.37. The third-order valence-electron chi connectivity index (χ3n) is 3.57. The van der Waals surface area contributed by atoms with Crippen molar-refractivity contribution >= 4 is 5.91 Å². The summed E-state index contributed by atoms with van der Waals surface area (Å²) >= 11 is 0. The molecule has 98 valence electrons. The number of rotatable bonds is 5. The Balaban J connectivity index is 1.86. The quantitative estimate of drug-likeness (QED) is 0.858. The maximum Gasteiger partial charge on any atom is 0.223 e. The molecule has 2 rings (SSSR count). The van der Waals surface area contributed by atoms with Crippen LogP contribution >= 0.6 is 0 Å². The van der Waals surface area contributed by atoms with Gasteiger partial charge in [-0.3, -0.25) is 4.79 Å². The van der Waals surface area contributed by atoms with E-state index in [1.54, 1.807) is 0 Å². The van der Waals surface area contributed by atoms with Crippen molar-refractivity contribution in [3.63, 3.8) is 0 Å². The van der Waals surface area contributed by atoms with Crippen LogP contribution in [0, 0.1) is 6.92 Å². The Morgan fingerprint density at radius 3 is 2.78 bits per heavy atom. The van der Waals surface area contributed by atoms with Crippen LogP contribution in [0.5, 0.6) is 0 Å². The Morgan fingerprint density at radius 1 is 1.44 bits per heavy atom. The number of nitrogens with zero attached hydrogens (tertiary/aromatic N) is 1. The molecule has 0 unspecified atom stereocenters. The SMILES string of the molecule is CCN(C(=O)CCc1cccc(C)c1)C1CNC1. The lowest BCUT2D eigenvalue weighted by Gasteiger charge is -2.37. The van der Waals surface area contributed by atoms with Crippen molar-refractivity contribution in [1.29, 1.82) is 0 Å². The van der Waals surface area contributed by atoms with Crippen molar-refractivity contribution in [2.75, 3.05) is 19.6 Å². The zero-order chi connectivity index (χ0) is 13.0. The first-order valence-corrected chi connectivity index (χ1v) is 6.76. The van der Waals surface area contributed by atoms with Gasteiger partial charge in [-0.2, -0.15) is 0 Å². The Labute approximate surface area is 109 Å². The normalized spacial score (nSPS) is 15.2. The molecule has 1 amide bonds. The number of nitrogens with one attached hydrogen (secondary N) is 1. The minimum atomic E-state index is 0.283. The maximum atomic E-state index is 12.2. The highest BCUT2D eigenvalue weighted by molar-refractivity contribution is 5.77. The summed E-state index contributed by atoms with van der Waals surface area (Å²) in [6.45, 7) is 6.86. The number of carbonyl (C=O) groups excluding carboxylic acids is 1. The van der Waals surface area contributed by atoms with E-state index in [1.807, 2.05) is 4.90 Å². The molecule has 1 aliphatic heterocycles. The molecule has 3 nitrogen and oxygen atoms in total. The Bertz CT molecular complexity index is 413. The number of hydrogen-bond donors (Lipinski definition) is 1. The fraction of sp³-hybridized carbons (Fsp3) is 0.533. The van der Waals surface area contributed by atoms with Crippen LogP contribution in [0.2, 0.25) is 0 Å². The van der Waals surface area contributed by atoms with Gasteiger partial charge < -0.3 is 10.2 Å². The fourth-order valence-electron chi connectivity index (χ4n) is 2.39. The van der Waals surface area contributed by atoms with Gasteiger partial charge in [-0.15, -0.1) is 0 Å². The molecule has 1 fully saturated rings. The van der Waals surface area contributed by atoms with Crippen molar-refractivity contribution < 1.29 is 4.79 Å². The minimum Gasteiger partial charge on any atom is -0.337 e. The average molecular weight is 246 g/mol. The molecule has 0 atom stereocenters. The first kappa shape index (κ1) is 13.1. The van der Waals surface area contributed by atoms with Crippen molar-refractivity contribution in [1.82, 2.24) is 10.2 Å². The van der Waals surface area contributed by atoms with Crippen molar-refractivity contribution in [3.05, 3.63) is 35.4 Å².